The SMILES string of the molecule is CCOC(OCC)C(NN)c1cc(F)ccc1F. The van der Waals surface area contributed by atoms with Gasteiger partial charge < -0.3 is 9.47 Å². The van der Waals surface area contributed by atoms with Gasteiger partial charge in [0.25, 0.3) is 0 Å². The summed E-state index contributed by atoms with van der Waals surface area (Å²) in [6.07, 6.45) is -0.777. The third-order valence-electron chi connectivity index (χ3n) is 2.41. The molecule has 0 fully saturated rings. The second-order valence-electron chi connectivity index (χ2n) is 3.59. The second kappa shape index (κ2) is 7.38. The molecule has 0 amide bonds. The second-order valence-corrected chi connectivity index (χ2v) is 3.59. The summed E-state index contributed by atoms with van der Waals surface area (Å²) in [5.41, 5.74) is 2.47. The lowest BCUT2D eigenvalue weighted by Gasteiger charge is -2.26. The Morgan fingerprint density at radius 2 is 1.83 bits per heavy atom. The molecule has 1 atom stereocenters. The van der Waals surface area contributed by atoms with E-state index in [1.165, 1.54) is 0 Å². The molecular formula is C12H18F2N2O2. The van der Waals surface area contributed by atoms with Crippen LogP contribution in [0.15, 0.2) is 18.2 Å². The molecule has 4 nitrogen and oxygen atoms in total. The van der Waals surface area contributed by atoms with Gasteiger partial charge in [-0.3, -0.25) is 5.84 Å². The van der Waals surface area contributed by atoms with Gasteiger partial charge in [-0.05, 0) is 32.0 Å². The molecule has 0 bridgehead atoms. The smallest absolute Gasteiger partial charge is 0.178 e. The predicted molar refractivity (Wildman–Crippen MR) is 63.5 cm³/mol. The maximum Gasteiger partial charge on any atom is 0.178 e. The summed E-state index contributed by atoms with van der Waals surface area (Å²) in [6.45, 7) is 4.31. The molecule has 3 N–H and O–H groups in total. The summed E-state index contributed by atoms with van der Waals surface area (Å²) in [6, 6.07) is 2.39. The van der Waals surface area contributed by atoms with Gasteiger partial charge >= 0.3 is 0 Å². The lowest BCUT2D eigenvalue weighted by Crippen LogP contribution is -2.40. The van der Waals surface area contributed by atoms with Crippen LogP contribution in [0.1, 0.15) is 25.5 Å². The Morgan fingerprint density at radius 1 is 1.22 bits per heavy atom. The number of benzene rings is 1. The van der Waals surface area contributed by atoms with E-state index in [9.17, 15) is 8.78 Å². The summed E-state index contributed by atoms with van der Waals surface area (Å²) in [4.78, 5) is 0. The highest BCUT2D eigenvalue weighted by Crippen LogP contribution is 2.23. The van der Waals surface area contributed by atoms with Crippen LogP contribution in [-0.2, 0) is 9.47 Å². The number of hydrogen-bond acceptors (Lipinski definition) is 4. The van der Waals surface area contributed by atoms with Gasteiger partial charge in [0, 0.05) is 18.8 Å². The zero-order valence-corrected chi connectivity index (χ0v) is 10.5. The average molecular weight is 260 g/mol. The minimum absolute atomic E-state index is 0.0735. The Bertz CT molecular complexity index is 371. The third-order valence-corrected chi connectivity index (χ3v) is 2.41. The van der Waals surface area contributed by atoms with Crippen LogP contribution < -0.4 is 11.3 Å². The first-order valence-electron chi connectivity index (χ1n) is 5.78. The zero-order valence-electron chi connectivity index (χ0n) is 10.5. The van der Waals surface area contributed by atoms with Crippen molar-refractivity contribution in [1.82, 2.24) is 5.43 Å². The normalized spacial score (nSPS) is 13.0. The Morgan fingerprint density at radius 3 is 2.33 bits per heavy atom. The van der Waals surface area contributed by atoms with Gasteiger partial charge in [0.2, 0.25) is 0 Å². The molecule has 0 heterocycles. The van der Waals surface area contributed by atoms with Crippen LogP contribution in [0.25, 0.3) is 0 Å². The van der Waals surface area contributed by atoms with Crippen LogP contribution in [0.4, 0.5) is 8.78 Å². The molecule has 6 heteroatoms. The Balaban J connectivity index is 3.01. The summed E-state index contributed by atoms with van der Waals surface area (Å²) >= 11 is 0. The van der Waals surface area contributed by atoms with Crippen molar-refractivity contribution < 1.29 is 18.3 Å². The monoisotopic (exact) mass is 260 g/mol. The molecule has 0 aliphatic rings. The van der Waals surface area contributed by atoms with Gasteiger partial charge in [0.15, 0.2) is 6.29 Å². The Labute approximate surface area is 105 Å². The molecule has 0 aliphatic carbocycles. The fourth-order valence-corrected chi connectivity index (χ4v) is 1.64. The average Bonchev–Trinajstić information content (AvgIpc) is 2.35. The van der Waals surface area contributed by atoms with E-state index in [1.807, 2.05) is 0 Å². The lowest BCUT2D eigenvalue weighted by atomic mass is 10.1. The Hall–Kier alpha value is -1.08. The number of nitrogens with two attached hydrogens (primary N) is 1. The molecule has 1 rings (SSSR count). The van der Waals surface area contributed by atoms with E-state index < -0.39 is 24.0 Å². The zero-order chi connectivity index (χ0) is 13.5. The van der Waals surface area contributed by atoms with Crippen LogP contribution >= 0.6 is 0 Å². The van der Waals surface area contributed by atoms with Crippen LogP contribution in [0.2, 0.25) is 0 Å². The van der Waals surface area contributed by atoms with Gasteiger partial charge in [-0.2, -0.15) is 0 Å². The van der Waals surface area contributed by atoms with Crippen molar-refractivity contribution in [2.24, 2.45) is 5.84 Å². The van der Waals surface area contributed by atoms with Crippen molar-refractivity contribution in [3.63, 3.8) is 0 Å². The molecule has 0 radical (unpaired) electrons. The van der Waals surface area contributed by atoms with Gasteiger partial charge in [0.05, 0.1) is 6.04 Å². The topological polar surface area (TPSA) is 56.5 Å². The van der Waals surface area contributed by atoms with Crippen LogP contribution in [0.5, 0.6) is 0 Å². The van der Waals surface area contributed by atoms with E-state index >= 15 is 0 Å². The van der Waals surface area contributed by atoms with E-state index in [4.69, 9.17) is 15.3 Å². The molecular weight excluding hydrogens is 242 g/mol. The minimum atomic E-state index is -0.777. The van der Waals surface area contributed by atoms with Crippen LogP contribution in [-0.4, -0.2) is 19.5 Å². The van der Waals surface area contributed by atoms with Gasteiger partial charge in [-0.15, -0.1) is 0 Å². The van der Waals surface area contributed by atoms with Crippen LogP contribution in [0, 0.1) is 11.6 Å². The van der Waals surface area contributed by atoms with Crippen molar-refractivity contribution in [2.45, 2.75) is 26.2 Å². The molecule has 1 aromatic rings. The van der Waals surface area contributed by atoms with E-state index in [0.717, 1.165) is 18.2 Å². The van der Waals surface area contributed by atoms with Crippen molar-refractivity contribution in [1.29, 1.82) is 0 Å². The van der Waals surface area contributed by atoms with Crippen molar-refractivity contribution >= 4 is 0 Å². The first-order valence-corrected chi connectivity index (χ1v) is 5.78. The van der Waals surface area contributed by atoms with Gasteiger partial charge in [-0.1, -0.05) is 0 Å². The maximum atomic E-state index is 13.7. The number of hydrogen-bond donors (Lipinski definition) is 2. The van der Waals surface area contributed by atoms with Crippen molar-refractivity contribution in [2.75, 3.05) is 13.2 Å². The number of halogens is 2. The van der Waals surface area contributed by atoms with E-state index in [-0.39, 0.29) is 5.56 Å². The van der Waals surface area contributed by atoms with Crippen molar-refractivity contribution in [3.05, 3.63) is 35.4 Å². The summed E-state index contributed by atoms with van der Waals surface area (Å²) < 4.78 is 37.5. The standard InChI is InChI=1S/C12H18F2N2O2/c1-3-17-12(18-4-2)11(16-15)9-7-8(13)5-6-10(9)14/h5-7,11-12,16H,3-4,15H2,1-2H3. The highest BCUT2D eigenvalue weighted by atomic mass is 19.1. The van der Waals surface area contributed by atoms with E-state index in [2.05, 4.69) is 5.43 Å². The van der Waals surface area contributed by atoms with Crippen molar-refractivity contribution in [3.8, 4) is 0 Å². The molecule has 102 valence electrons. The number of rotatable bonds is 7. The quantitative estimate of drug-likeness (QED) is 0.446. The number of hydrazine groups is 1. The van der Waals surface area contributed by atoms with E-state index in [1.54, 1.807) is 13.8 Å². The molecule has 0 saturated carbocycles. The predicted octanol–water partition coefficient (Wildman–Crippen LogP) is 1.87. The lowest BCUT2D eigenvalue weighted by molar-refractivity contribution is -0.155. The molecule has 1 aromatic carbocycles. The largest absolute Gasteiger partial charge is 0.351 e. The highest BCUT2D eigenvalue weighted by molar-refractivity contribution is 5.22. The molecule has 0 saturated heterocycles. The molecule has 1 unspecified atom stereocenters. The Kier molecular flexibility index (Phi) is 6.14. The molecule has 0 aliphatic heterocycles. The molecule has 0 spiro atoms. The van der Waals surface area contributed by atoms with E-state index in [0.29, 0.717) is 13.2 Å². The first kappa shape index (κ1) is 15.0. The fourth-order valence-electron chi connectivity index (χ4n) is 1.64. The molecule has 0 aromatic heterocycles. The van der Waals surface area contributed by atoms with Gasteiger partial charge in [0.1, 0.15) is 11.6 Å². The maximum absolute atomic E-state index is 13.7. The number of nitrogens with one attached hydrogen (secondary N) is 1. The first-order chi connectivity index (χ1) is 8.63. The third kappa shape index (κ3) is 3.71. The highest BCUT2D eigenvalue weighted by Gasteiger charge is 2.26. The summed E-state index contributed by atoms with van der Waals surface area (Å²) in [7, 11) is 0. The fraction of sp³-hybridized carbons (Fsp3) is 0.500. The molecule has 18 heavy (non-hydrogen) atoms. The summed E-state index contributed by atoms with van der Waals surface area (Å²) in [5, 5.41) is 0. The minimum Gasteiger partial charge on any atom is -0.351 e. The van der Waals surface area contributed by atoms with Crippen LogP contribution in [0.3, 0.4) is 0 Å². The summed E-state index contributed by atoms with van der Waals surface area (Å²) in [5.74, 6) is 4.28. The number of ether oxygens (including phenoxy) is 2. The van der Waals surface area contributed by atoms with Gasteiger partial charge in [-0.25, -0.2) is 14.2 Å².